The minimum atomic E-state index is -3.31. The van der Waals surface area contributed by atoms with Crippen LogP contribution in [0.5, 0.6) is 0 Å². The Hall–Kier alpha value is -0.100. The van der Waals surface area contributed by atoms with Crippen molar-refractivity contribution in [3.8, 4) is 0 Å². The van der Waals surface area contributed by atoms with Crippen LogP contribution in [0.1, 0.15) is 31.7 Å². The lowest BCUT2D eigenvalue weighted by Gasteiger charge is -2.20. The van der Waals surface area contributed by atoms with Crippen LogP contribution in [-0.2, 0) is 15.9 Å². The van der Waals surface area contributed by atoms with Gasteiger partial charge in [-0.05, 0) is 42.2 Å². The van der Waals surface area contributed by atoms with Gasteiger partial charge in [0.1, 0.15) is 4.21 Å². The van der Waals surface area contributed by atoms with Crippen molar-refractivity contribution in [3.05, 3.63) is 17.0 Å². The van der Waals surface area contributed by atoms with Gasteiger partial charge in [-0.25, -0.2) is 8.42 Å². The van der Waals surface area contributed by atoms with E-state index in [1.165, 1.54) is 11.3 Å². The van der Waals surface area contributed by atoms with Crippen molar-refractivity contribution >= 4 is 33.0 Å². The van der Waals surface area contributed by atoms with Crippen LogP contribution in [0.2, 0.25) is 0 Å². The standard InChI is InChI=1S/C12H18ClNO2S2/c1-2-5-14(8-10-3-4-10)18(15,16)12-6-11(7-13)9-17-12/h6,9-10H,2-5,7-8H2,1H3. The number of thiophene rings is 1. The molecule has 1 aliphatic carbocycles. The van der Waals surface area contributed by atoms with Crippen molar-refractivity contribution in [2.45, 2.75) is 36.3 Å². The Morgan fingerprint density at radius 3 is 2.72 bits per heavy atom. The average Bonchev–Trinajstić information content (AvgIpc) is 3.02. The molecule has 6 heteroatoms. The van der Waals surface area contributed by atoms with E-state index < -0.39 is 10.0 Å². The molecule has 2 rings (SSSR count). The Bertz CT molecular complexity index is 494. The summed E-state index contributed by atoms with van der Waals surface area (Å²) < 4.78 is 27.1. The first-order chi connectivity index (χ1) is 8.57. The summed E-state index contributed by atoms with van der Waals surface area (Å²) in [7, 11) is -3.31. The minimum absolute atomic E-state index is 0.364. The van der Waals surface area contributed by atoms with E-state index in [4.69, 9.17) is 11.6 Å². The highest BCUT2D eigenvalue weighted by Crippen LogP contribution is 2.33. The largest absolute Gasteiger partial charge is 0.252 e. The van der Waals surface area contributed by atoms with Crippen LogP contribution >= 0.6 is 22.9 Å². The highest BCUT2D eigenvalue weighted by molar-refractivity contribution is 7.91. The number of halogens is 1. The fraction of sp³-hybridized carbons (Fsp3) is 0.667. The number of alkyl halides is 1. The maximum Gasteiger partial charge on any atom is 0.252 e. The van der Waals surface area contributed by atoms with Gasteiger partial charge in [0.05, 0.1) is 0 Å². The molecule has 0 radical (unpaired) electrons. The lowest BCUT2D eigenvalue weighted by molar-refractivity contribution is 0.397. The first kappa shape index (κ1) is 14.3. The van der Waals surface area contributed by atoms with Gasteiger partial charge in [-0.2, -0.15) is 4.31 Å². The molecule has 1 aromatic heterocycles. The smallest absolute Gasteiger partial charge is 0.206 e. The lowest BCUT2D eigenvalue weighted by Crippen LogP contribution is -2.33. The molecule has 1 heterocycles. The summed E-state index contributed by atoms with van der Waals surface area (Å²) in [6.07, 6.45) is 3.17. The Balaban J connectivity index is 2.19. The molecule has 102 valence electrons. The highest BCUT2D eigenvalue weighted by Gasteiger charge is 2.31. The van der Waals surface area contributed by atoms with Crippen molar-refractivity contribution in [2.24, 2.45) is 5.92 Å². The zero-order valence-electron chi connectivity index (χ0n) is 10.4. The molecule has 0 N–H and O–H groups in total. The van der Waals surface area contributed by atoms with Crippen molar-refractivity contribution in [2.75, 3.05) is 13.1 Å². The quantitative estimate of drug-likeness (QED) is 0.725. The molecule has 0 saturated heterocycles. The summed E-state index contributed by atoms with van der Waals surface area (Å²) in [5.74, 6) is 0.932. The monoisotopic (exact) mass is 307 g/mol. The number of hydrogen-bond acceptors (Lipinski definition) is 3. The van der Waals surface area contributed by atoms with Gasteiger partial charge in [-0.15, -0.1) is 22.9 Å². The van der Waals surface area contributed by atoms with E-state index in [9.17, 15) is 8.42 Å². The maximum absolute atomic E-state index is 12.5. The fourth-order valence-corrected chi connectivity index (χ4v) is 5.05. The summed E-state index contributed by atoms with van der Waals surface area (Å²) >= 11 is 6.99. The molecule has 1 aliphatic rings. The second-order valence-electron chi connectivity index (χ2n) is 4.71. The summed E-state index contributed by atoms with van der Waals surface area (Å²) in [6.45, 7) is 3.28. The van der Waals surface area contributed by atoms with Crippen molar-refractivity contribution < 1.29 is 8.42 Å². The van der Waals surface area contributed by atoms with Crippen LogP contribution in [-0.4, -0.2) is 25.8 Å². The predicted octanol–water partition coefficient (Wildman–Crippen LogP) is 3.30. The van der Waals surface area contributed by atoms with E-state index in [0.717, 1.165) is 24.8 Å². The van der Waals surface area contributed by atoms with Crippen LogP contribution in [0.15, 0.2) is 15.7 Å². The second kappa shape index (κ2) is 5.90. The van der Waals surface area contributed by atoms with E-state index >= 15 is 0 Å². The number of sulfonamides is 1. The van der Waals surface area contributed by atoms with Gasteiger partial charge in [-0.3, -0.25) is 0 Å². The zero-order chi connectivity index (χ0) is 13.2. The molecular formula is C12H18ClNO2S2. The molecule has 1 fully saturated rings. The molecular weight excluding hydrogens is 290 g/mol. The third kappa shape index (κ3) is 3.26. The Labute approximate surface area is 118 Å². The Morgan fingerprint density at radius 2 is 2.22 bits per heavy atom. The first-order valence-corrected chi connectivity index (χ1v) is 9.07. The third-order valence-electron chi connectivity index (χ3n) is 3.01. The van der Waals surface area contributed by atoms with Crippen LogP contribution in [0, 0.1) is 5.92 Å². The Morgan fingerprint density at radius 1 is 1.50 bits per heavy atom. The zero-order valence-corrected chi connectivity index (χ0v) is 12.8. The SMILES string of the molecule is CCCN(CC1CC1)S(=O)(=O)c1cc(CCl)cs1. The molecule has 0 unspecified atom stereocenters. The predicted molar refractivity (Wildman–Crippen MR) is 75.6 cm³/mol. The maximum atomic E-state index is 12.5. The normalized spacial score (nSPS) is 16.4. The fourth-order valence-electron chi connectivity index (χ4n) is 1.83. The van der Waals surface area contributed by atoms with Crippen molar-refractivity contribution in [1.82, 2.24) is 4.31 Å². The Kier molecular flexibility index (Phi) is 4.69. The average molecular weight is 308 g/mol. The van der Waals surface area contributed by atoms with Gasteiger partial charge in [0.15, 0.2) is 0 Å². The van der Waals surface area contributed by atoms with Gasteiger partial charge < -0.3 is 0 Å². The lowest BCUT2D eigenvalue weighted by atomic mass is 10.4. The van der Waals surface area contributed by atoms with Gasteiger partial charge in [0, 0.05) is 19.0 Å². The number of hydrogen-bond donors (Lipinski definition) is 0. The van der Waals surface area contributed by atoms with Gasteiger partial charge in [-0.1, -0.05) is 6.92 Å². The van der Waals surface area contributed by atoms with Gasteiger partial charge in [0.25, 0.3) is 10.0 Å². The minimum Gasteiger partial charge on any atom is -0.206 e. The van der Waals surface area contributed by atoms with Gasteiger partial charge in [0.2, 0.25) is 0 Å². The molecule has 0 spiro atoms. The second-order valence-corrected chi connectivity index (χ2v) is 8.06. The molecule has 0 atom stereocenters. The number of rotatable bonds is 7. The highest BCUT2D eigenvalue weighted by atomic mass is 35.5. The topological polar surface area (TPSA) is 37.4 Å². The van der Waals surface area contributed by atoms with Crippen molar-refractivity contribution in [3.63, 3.8) is 0 Å². The van der Waals surface area contributed by atoms with E-state index in [0.29, 0.717) is 29.1 Å². The third-order valence-corrected chi connectivity index (χ3v) is 6.65. The molecule has 0 amide bonds. The number of nitrogens with zero attached hydrogens (tertiary/aromatic N) is 1. The van der Waals surface area contributed by atoms with E-state index in [1.807, 2.05) is 12.3 Å². The summed E-state index contributed by atoms with van der Waals surface area (Å²) in [5.41, 5.74) is 0.878. The molecule has 1 aromatic rings. The summed E-state index contributed by atoms with van der Waals surface area (Å²) in [6, 6.07) is 1.70. The molecule has 0 bridgehead atoms. The first-order valence-electron chi connectivity index (χ1n) is 6.21. The van der Waals surface area contributed by atoms with Crippen LogP contribution in [0.4, 0.5) is 0 Å². The molecule has 18 heavy (non-hydrogen) atoms. The molecule has 0 aliphatic heterocycles. The van der Waals surface area contributed by atoms with E-state index in [-0.39, 0.29) is 0 Å². The van der Waals surface area contributed by atoms with Crippen LogP contribution in [0.25, 0.3) is 0 Å². The summed E-state index contributed by atoms with van der Waals surface area (Å²) in [4.78, 5) is 0. The van der Waals surface area contributed by atoms with E-state index in [1.54, 1.807) is 10.4 Å². The molecule has 0 aromatic carbocycles. The molecule has 3 nitrogen and oxygen atoms in total. The van der Waals surface area contributed by atoms with Crippen LogP contribution < -0.4 is 0 Å². The van der Waals surface area contributed by atoms with Crippen molar-refractivity contribution in [1.29, 1.82) is 0 Å². The molecule has 1 saturated carbocycles. The van der Waals surface area contributed by atoms with Crippen LogP contribution in [0.3, 0.4) is 0 Å². The van der Waals surface area contributed by atoms with Gasteiger partial charge >= 0.3 is 0 Å². The van der Waals surface area contributed by atoms with E-state index in [2.05, 4.69) is 0 Å². The summed E-state index contributed by atoms with van der Waals surface area (Å²) in [5, 5.41) is 1.82.